The molecule has 11 heteroatoms. The maximum absolute atomic E-state index is 14.0. The fourth-order valence-corrected chi connectivity index (χ4v) is 3.51. The Morgan fingerprint density at radius 1 is 1.28 bits per heavy atom. The van der Waals surface area contributed by atoms with Gasteiger partial charge >= 0.3 is 0 Å². The van der Waals surface area contributed by atoms with E-state index in [1.807, 2.05) is 19.2 Å². The standard InChI is InChI=1S/C21H20ClF2N7O/c1-21(13-9-26-30(2)10-13,18-4-3-5-19(22)27-18)12-25-20(32)16-11-31(29-28-16)17-7-6-14(23)8-15(17)24/h3-11,28-29H,12H2,1-2H3,(H,25,32). The molecular formula is C21H20ClF2N7O. The van der Waals surface area contributed by atoms with Gasteiger partial charge < -0.3 is 5.32 Å². The van der Waals surface area contributed by atoms with E-state index in [1.54, 1.807) is 30.1 Å². The SMILES string of the molecule is Cn1cc(C(C)(CNC(=O)C2=CN(c3ccc(F)cc3F)NN2)c2cccc(Cl)n2)cn1. The number of aromatic nitrogens is 3. The first-order valence-corrected chi connectivity index (χ1v) is 10.0. The molecule has 166 valence electrons. The highest BCUT2D eigenvalue weighted by Crippen LogP contribution is 2.31. The van der Waals surface area contributed by atoms with Crippen molar-refractivity contribution in [1.29, 1.82) is 0 Å². The Hall–Kier alpha value is -3.50. The molecular weight excluding hydrogens is 440 g/mol. The third kappa shape index (κ3) is 4.27. The number of hydrogen-bond acceptors (Lipinski definition) is 6. The molecule has 3 heterocycles. The monoisotopic (exact) mass is 459 g/mol. The fourth-order valence-electron chi connectivity index (χ4n) is 3.35. The molecule has 0 aliphatic carbocycles. The van der Waals surface area contributed by atoms with Crippen LogP contribution in [0.25, 0.3) is 0 Å². The molecule has 3 aromatic rings. The molecule has 3 N–H and O–H groups in total. The lowest BCUT2D eigenvalue weighted by Gasteiger charge is -2.28. The second-order valence-corrected chi connectivity index (χ2v) is 7.90. The number of carbonyl (C=O) groups excluding carboxylic acids is 1. The zero-order valence-electron chi connectivity index (χ0n) is 17.2. The number of nitrogens with zero attached hydrogens (tertiary/aromatic N) is 4. The molecule has 0 radical (unpaired) electrons. The number of hydrazine groups is 2. The van der Waals surface area contributed by atoms with Gasteiger partial charge in [-0.2, -0.15) is 5.10 Å². The average Bonchev–Trinajstić information content (AvgIpc) is 3.41. The van der Waals surface area contributed by atoms with Crippen molar-refractivity contribution in [3.63, 3.8) is 0 Å². The number of benzene rings is 1. The van der Waals surface area contributed by atoms with E-state index in [0.29, 0.717) is 10.8 Å². The second-order valence-electron chi connectivity index (χ2n) is 7.51. The molecule has 1 unspecified atom stereocenters. The molecule has 1 aromatic carbocycles. The van der Waals surface area contributed by atoms with Crippen LogP contribution in [0.1, 0.15) is 18.2 Å². The van der Waals surface area contributed by atoms with Crippen LogP contribution >= 0.6 is 11.6 Å². The molecule has 0 spiro atoms. The van der Waals surface area contributed by atoms with Crippen molar-refractivity contribution in [2.75, 3.05) is 11.6 Å². The van der Waals surface area contributed by atoms with Gasteiger partial charge in [0.05, 0.1) is 29.2 Å². The number of pyridine rings is 1. The van der Waals surface area contributed by atoms with Crippen molar-refractivity contribution in [3.05, 3.63) is 88.7 Å². The molecule has 0 bridgehead atoms. The summed E-state index contributed by atoms with van der Waals surface area (Å²) >= 11 is 6.10. The third-order valence-corrected chi connectivity index (χ3v) is 5.42. The van der Waals surface area contributed by atoms with Crippen molar-refractivity contribution in [2.45, 2.75) is 12.3 Å². The predicted molar refractivity (Wildman–Crippen MR) is 115 cm³/mol. The first-order valence-electron chi connectivity index (χ1n) is 9.64. The Bertz CT molecular complexity index is 1200. The summed E-state index contributed by atoms with van der Waals surface area (Å²) in [6.07, 6.45) is 4.94. The number of hydrogen-bond donors (Lipinski definition) is 3. The predicted octanol–water partition coefficient (Wildman–Crippen LogP) is 2.54. The molecule has 0 fully saturated rings. The largest absolute Gasteiger partial charge is 0.349 e. The van der Waals surface area contributed by atoms with E-state index in [0.717, 1.165) is 17.7 Å². The van der Waals surface area contributed by atoms with Gasteiger partial charge in [-0.3, -0.25) is 19.9 Å². The first-order chi connectivity index (χ1) is 15.3. The summed E-state index contributed by atoms with van der Waals surface area (Å²) in [7, 11) is 1.80. The highest BCUT2D eigenvalue weighted by Gasteiger charge is 2.33. The van der Waals surface area contributed by atoms with Gasteiger partial charge in [0, 0.05) is 31.4 Å². The van der Waals surface area contributed by atoms with E-state index in [2.05, 4.69) is 26.4 Å². The van der Waals surface area contributed by atoms with Gasteiger partial charge in [0.15, 0.2) is 5.82 Å². The zero-order chi connectivity index (χ0) is 22.9. The van der Waals surface area contributed by atoms with Crippen molar-refractivity contribution in [2.24, 2.45) is 7.05 Å². The number of carbonyl (C=O) groups is 1. The van der Waals surface area contributed by atoms with E-state index < -0.39 is 23.0 Å². The average molecular weight is 460 g/mol. The van der Waals surface area contributed by atoms with E-state index in [9.17, 15) is 13.6 Å². The molecule has 32 heavy (non-hydrogen) atoms. The summed E-state index contributed by atoms with van der Waals surface area (Å²) in [6.45, 7) is 2.12. The van der Waals surface area contributed by atoms with Crippen LogP contribution in [0.5, 0.6) is 0 Å². The number of anilines is 1. The van der Waals surface area contributed by atoms with Gasteiger partial charge in [-0.25, -0.2) is 13.8 Å². The Balaban J connectivity index is 1.54. The van der Waals surface area contributed by atoms with Crippen LogP contribution in [0.4, 0.5) is 14.5 Å². The topological polar surface area (TPSA) is 87.1 Å². The lowest BCUT2D eigenvalue weighted by atomic mass is 9.80. The first kappa shape index (κ1) is 21.7. The highest BCUT2D eigenvalue weighted by molar-refractivity contribution is 6.29. The Morgan fingerprint density at radius 3 is 2.78 bits per heavy atom. The van der Waals surface area contributed by atoms with E-state index in [-0.39, 0.29) is 17.9 Å². The second kappa shape index (κ2) is 8.56. The lowest BCUT2D eigenvalue weighted by Crippen LogP contribution is -2.43. The molecule has 4 rings (SSSR count). The maximum atomic E-state index is 14.0. The molecule has 0 saturated carbocycles. The Labute approximate surface area is 187 Å². The van der Waals surface area contributed by atoms with Crippen LogP contribution in [-0.2, 0) is 17.3 Å². The van der Waals surface area contributed by atoms with Crippen LogP contribution in [0, 0.1) is 11.6 Å². The molecule has 1 atom stereocenters. The molecule has 1 aliphatic heterocycles. The van der Waals surface area contributed by atoms with E-state index >= 15 is 0 Å². The number of amides is 1. The fraction of sp³-hybridized carbons (Fsp3) is 0.190. The summed E-state index contributed by atoms with van der Waals surface area (Å²) in [5.74, 6) is -1.89. The van der Waals surface area contributed by atoms with Gasteiger partial charge in [0.25, 0.3) is 5.91 Å². The smallest absolute Gasteiger partial charge is 0.270 e. The Kier molecular flexibility index (Phi) is 5.81. The van der Waals surface area contributed by atoms with E-state index in [4.69, 9.17) is 11.6 Å². The number of rotatable bonds is 6. The minimum absolute atomic E-state index is 0.0602. The minimum atomic E-state index is -0.770. The van der Waals surface area contributed by atoms with E-state index in [1.165, 1.54) is 17.3 Å². The van der Waals surface area contributed by atoms with Crippen molar-refractivity contribution < 1.29 is 13.6 Å². The van der Waals surface area contributed by atoms with Gasteiger partial charge in [0.1, 0.15) is 16.7 Å². The number of nitrogens with one attached hydrogen (secondary N) is 3. The molecule has 1 aliphatic rings. The molecule has 2 aromatic heterocycles. The van der Waals surface area contributed by atoms with Crippen molar-refractivity contribution in [1.82, 2.24) is 31.0 Å². The van der Waals surface area contributed by atoms with Crippen LogP contribution in [-0.4, -0.2) is 27.2 Å². The summed E-state index contributed by atoms with van der Waals surface area (Å²) in [4.78, 5) is 17.2. The molecule has 1 amide bonds. The summed E-state index contributed by atoms with van der Waals surface area (Å²) in [6, 6.07) is 8.46. The Morgan fingerprint density at radius 2 is 2.09 bits per heavy atom. The third-order valence-electron chi connectivity index (χ3n) is 5.21. The summed E-state index contributed by atoms with van der Waals surface area (Å²) in [5.41, 5.74) is 6.35. The van der Waals surface area contributed by atoms with Gasteiger partial charge in [-0.15, -0.1) is 5.53 Å². The quantitative estimate of drug-likeness (QED) is 0.491. The van der Waals surface area contributed by atoms with Gasteiger partial charge in [0.2, 0.25) is 0 Å². The minimum Gasteiger partial charge on any atom is -0.349 e. The van der Waals surface area contributed by atoms with Crippen LogP contribution in [0.3, 0.4) is 0 Å². The summed E-state index contributed by atoms with van der Waals surface area (Å²) in [5, 5.41) is 8.70. The number of halogens is 3. The van der Waals surface area contributed by atoms with Crippen molar-refractivity contribution >= 4 is 23.2 Å². The highest BCUT2D eigenvalue weighted by atomic mass is 35.5. The molecule has 8 nitrogen and oxygen atoms in total. The van der Waals surface area contributed by atoms with Gasteiger partial charge in [-0.05, 0) is 31.2 Å². The maximum Gasteiger partial charge on any atom is 0.270 e. The molecule has 0 saturated heterocycles. The number of aryl methyl sites for hydroxylation is 1. The van der Waals surface area contributed by atoms with Crippen LogP contribution < -0.4 is 21.3 Å². The summed E-state index contributed by atoms with van der Waals surface area (Å²) < 4.78 is 28.9. The van der Waals surface area contributed by atoms with Gasteiger partial charge in [-0.1, -0.05) is 17.7 Å². The van der Waals surface area contributed by atoms with Crippen molar-refractivity contribution in [3.8, 4) is 0 Å². The lowest BCUT2D eigenvalue weighted by molar-refractivity contribution is -0.118. The zero-order valence-corrected chi connectivity index (χ0v) is 18.0. The van der Waals surface area contributed by atoms with Crippen LogP contribution in [0.15, 0.2) is 60.7 Å². The van der Waals surface area contributed by atoms with Crippen LogP contribution in [0.2, 0.25) is 5.15 Å². The normalized spacial score (nSPS) is 15.2.